The van der Waals surface area contributed by atoms with Gasteiger partial charge in [-0.1, -0.05) is 45.2 Å². The van der Waals surface area contributed by atoms with Crippen molar-refractivity contribution in [2.24, 2.45) is 5.10 Å². The molecule has 4 rings (SSSR count). The monoisotopic (exact) mass is 645 g/mol. The molecule has 1 heterocycles. The fourth-order valence-corrected chi connectivity index (χ4v) is 4.14. The molecular weight excluding hydrogens is 622 g/mol. The highest BCUT2D eigenvalue weighted by molar-refractivity contribution is 9.10. The molecule has 1 aromatic heterocycles. The zero-order chi connectivity index (χ0) is 29.1. The number of aromatic nitrogens is 1. The first-order chi connectivity index (χ1) is 18.2. The second kappa shape index (κ2) is 12.5. The van der Waals surface area contributed by atoms with E-state index >= 15 is 0 Å². The fraction of sp³-hybridized carbons (Fsp3) is 0.308. The molecule has 1 atom stereocenters. The summed E-state index contributed by atoms with van der Waals surface area (Å²) in [5.41, 5.74) is 5.68. The number of Topliss-reactive ketones (excluding diaryl/α,β-unsaturated/α-hetero) is 1. The Bertz CT molecular complexity index is 1430. The lowest BCUT2D eigenvalue weighted by atomic mass is 10.0. The van der Waals surface area contributed by atoms with Gasteiger partial charge in [0.15, 0.2) is 11.6 Å². The number of nitrogen functional groups attached to an aromatic ring is 1. The van der Waals surface area contributed by atoms with Gasteiger partial charge >= 0.3 is 6.18 Å². The van der Waals surface area contributed by atoms with Gasteiger partial charge in [0.25, 0.3) is 5.91 Å². The van der Waals surface area contributed by atoms with Crippen LogP contribution in [0.5, 0.6) is 0 Å². The number of hydrazone groups is 1. The van der Waals surface area contributed by atoms with Crippen LogP contribution in [0.3, 0.4) is 0 Å². The molecule has 1 unspecified atom stereocenters. The first kappa shape index (κ1) is 30.6. The van der Waals surface area contributed by atoms with Gasteiger partial charge in [0.2, 0.25) is 0 Å². The third-order valence-electron chi connectivity index (χ3n) is 5.81. The van der Waals surface area contributed by atoms with Crippen LogP contribution in [0.1, 0.15) is 44.0 Å². The molecule has 39 heavy (non-hydrogen) atoms. The zero-order valence-corrected chi connectivity index (χ0v) is 24.2. The number of pyridine rings is 1. The Balaban J connectivity index is 0.000000216. The van der Waals surface area contributed by atoms with Gasteiger partial charge in [-0.2, -0.15) is 18.3 Å². The highest BCUT2D eigenvalue weighted by atomic mass is 79.9. The molecule has 0 saturated heterocycles. The van der Waals surface area contributed by atoms with Gasteiger partial charge < -0.3 is 11.1 Å². The molecule has 0 spiro atoms. The van der Waals surface area contributed by atoms with Gasteiger partial charge in [-0.05, 0) is 69.3 Å². The minimum Gasteiger partial charge on any atom is -0.397 e. The Hall–Kier alpha value is -2.89. The van der Waals surface area contributed by atoms with Crippen molar-refractivity contribution in [3.8, 4) is 0 Å². The lowest BCUT2D eigenvalue weighted by molar-refractivity contribution is -0.118. The Morgan fingerprint density at radius 3 is 2.44 bits per heavy atom. The lowest BCUT2D eigenvalue weighted by Crippen LogP contribution is -2.37. The maximum absolute atomic E-state index is 12.6. The third kappa shape index (κ3) is 7.83. The van der Waals surface area contributed by atoms with Gasteiger partial charge in [-0.25, -0.2) is 9.99 Å². The topological polar surface area (TPSA) is 101 Å². The van der Waals surface area contributed by atoms with E-state index in [1.54, 1.807) is 6.07 Å². The summed E-state index contributed by atoms with van der Waals surface area (Å²) < 4.78 is 38.7. The first-order valence-electron chi connectivity index (χ1n) is 11.7. The van der Waals surface area contributed by atoms with E-state index in [0.29, 0.717) is 22.3 Å². The van der Waals surface area contributed by atoms with E-state index in [4.69, 9.17) is 28.9 Å². The molecule has 3 aromatic rings. The minimum atomic E-state index is -4.59. The highest BCUT2D eigenvalue weighted by Gasteiger charge is 2.34. The summed E-state index contributed by atoms with van der Waals surface area (Å²) in [5.74, 6) is -0.505. The number of nitrogens with two attached hydrogens (primary N) is 1. The largest absolute Gasteiger partial charge is 0.430 e. The van der Waals surface area contributed by atoms with Crippen LogP contribution in [-0.2, 0) is 4.79 Å². The van der Waals surface area contributed by atoms with Crippen LogP contribution in [-0.4, -0.2) is 40.6 Å². The predicted octanol–water partition coefficient (Wildman–Crippen LogP) is 7.19. The van der Waals surface area contributed by atoms with E-state index in [1.807, 2.05) is 18.2 Å². The van der Waals surface area contributed by atoms with E-state index in [2.05, 4.69) is 31.3 Å². The van der Waals surface area contributed by atoms with Crippen LogP contribution < -0.4 is 16.1 Å². The molecule has 3 N–H and O–H groups in total. The third-order valence-corrected chi connectivity index (χ3v) is 7.01. The van der Waals surface area contributed by atoms with Crippen LogP contribution in [0.2, 0.25) is 10.0 Å². The van der Waals surface area contributed by atoms with Crippen molar-refractivity contribution < 1.29 is 22.8 Å². The molecular formula is C26H25BrCl2F3N5O2. The number of hydrogen-bond donors (Lipinski definition) is 2. The van der Waals surface area contributed by atoms with E-state index in [9.17, 15) is 22.8 Å². The van der Waals surface area contributed by atoms with Gasteiger partial charge in [-0.15, -0.1) is 0 Å². The smallest absolute Gasteiger partial charge is 0.397 e. The van der Waals surface area contributed by atoms with E-state index in [-0.39, 0.29) is 22.5 Å². The molecule has 7 nitrogen and oxygen atoms in total. The van der Waals surface area contributed by atoms with Gasteiger partial charge in [0, 0.05) is 22.1 Å². The van der Waals surface area contributed by atoms with E-state index in [1.165, 1.54) is 32.2 Å². The molecule has 0 aliphatic heterocycles. The van der Waals surface area contributed by atoms with Gasteiger partial charge in [-0.3, -0.25) is 9.59 Å². The minimum absolute atomic E-state index is 0.000432. The van der Waals surface area contributed by atoms with Crippen molar-refractivity contribution in [3.05, 3.63) is 62.7 Å². The quantitative estimate of drug-likeness (QED) is 0.168. The number of carbonyl (C=O) groups excluding carboxylic acids is 2. The number of halogens is 6. The summed E-state index contributed by atoms with van der Waals surface area (Å²) in [7, 11) is 0. The van der Waals surface area contributed by atoms with Crippen LogP contribution in [0.25, 0.3) is 10.8 Å². The SMILES string of the molecule is CC(=O)C(C)N(/N=C(\C)C(F)(F)F)c1ncccc1Cl.Nc1c(C(=O)NC2CC2)cc2cc(Br)ccc2c1Cl. The molecule has 2 aromatic carbocycles. The van der Waals surface area contributed by atoms with Crippen LogP contribution >= 0.6 is 39.1 Å². The van der Waals surface area contributed by atoms with Crippen molar-refractivity contribution in [3.63, 3.8) is 0 Å². The molecule has 1 aliphatic rings. The number of carbonyl (C=O) groups is 2. The standard InChI is InChI=1S/C14H12BrClN2O.C12H13ClF3N3O/c15-8-1-4-10-7(5-8)6-11(13(17)12(10)16)14(19)18-9-2-3-9;1-7(8(2)20)19(18-9(3)12(14,15)16)11-10(13)5-4-6-17-11/h1,4-6,9H,2-3,17H2,(H,18,19);4-7H,1-3H3/b;18-9+. The zero-order valence-electron chi connectivity index (χ0n) is 21.1. The Labute approximate surface area is 241 Å². The summed E-state index contributed by atoms with van der Waals surface area (Å²) in [4.78, 5) is 27.5. The van der Waals surface area contributed by atoms with Crippen molar-refractivity contribution >= 4 is 78.8 Å². The lowest BCUT2D eigenvalue weighted by Gasteiger charge is -2.25. The number of ketones is 1. The average Bonchev–Trinajstić information content (AvgIpc) is 3.68. The number of nitrogens with one attached hydrogen (secondary N) is 1. The molecule has 13 heteroatoms. The number of amides is 1. The van der Waals surface area contributed by atoms with Crippen molar-refractivity contribution in [1.29, 1.82) is 0 Å². The second-order valence-corrected chi connectivity index (χ2v) is 10.6. The van der Waals surface area contributed by atoms with E-state index < -0.39 is 17.9 Å². The molecule has 1 amide bonds. The summed E-state index contributed by atoms with van der Waals surface area (Å²) in [6.45, 7) is 3.50. The molecule has 208 valence electrons. The number of nitrogens with zero attached hydrogens (tertiary/aromatic N) is 3. The number of hydrogen-bond acceptors (Lipinski definition) is 6. The normalized spacial score (nSPS) is 14.3. The molecule has 1 fully saturated rings. The molecule has 0 radical (unpaired) electrons. The first-order valence-corrected chi connectivity index (χ1v) is 13.3. The number of anilines is 2. The van der Waals surface area contributed by atoms with Gasteiger partial charge in [0.1, 0.15) is 11.8 Å². The molecule has 1 saturated carbocycles. The maximum atomic E-state index is 12.6. The number of benzene rings is 2. The summed E-state index contributed by atoms with van der Waals surface area (Å²) >= 11 is 15.6. The maximum Gasteiger partial charge on any atom is 0.430 e. The summed E-state index contributed by atoms with van der Waals surface area (Å²) in [6.07, 6.45) is -1.15. The summed E-state index contributed by atoms with van der Waals surface area (Å²) in [5, 5.41) is 9.56. The molecule has 0 bridgehead atoms. The summed E-state index contributed by atoms with van der Waals surface area (Å²) in [6, 6.07) is 9.88. The number of alkyl halides is 3. The van der Waals surface area contributed by atoms with Crippen molar-refractivity contribution in [2.45, 2.75) is 51.9 Å². The average molecular weight is 647 g/mol. The number of fused-ring (bicyclic) bond motifs is 1. The molecule has 1 aliphatic carbocycles. The van der Waals surface area contributed by atoms with Gasteiger partial charge in [0.05, 0.1) is 21.3 Å². The van der Waals surface area contributed by atoms with Crippen LogP contribution in [0.15, 0.2) is 52.2 Å². The van der Waals surface area contributed by atoms with Crippen molar-refractivity contribution in [2.75, 3.05) is 10.7 Å². The van der Waals surface area contributed by atoms with Crippen LogP contribution in [0.4, 0.5) is 24.7 Å². The Kier molecular flexibility index (Phi) is 9.84. The fourth-order valence-electron chi connectivity index (χ4n) is 3.28. The Morgan fingerprint density at radius 1 is 1.21 bits per heavy atom. The predicted molar refractivity (Wildman–Crippen MR) is 153 cm³/mol. The van der Waals surface area contributed by atoms with Crippen molar-refractivity contribution in [1.82, 2.24) is 10.3 Å². The van der Waals surface area contributed by atoms with Crippen LogP contribution in [0, 0.1) is 0 Å². The second-order valence-electron chi connectivity index (χ2n) is 8.89. The highest BCUT2D eigenvalue weighted by Crippen LogP contribution is 2.34. The van der Waals surface area contributed by atoms with E-state index in [0.717, 1.165) is 40.0 Å². The Morgan fingerprint density at radius 2 is 1.87 bits per heavy atom. The number of rotatable bonds is 6.